The van der Waals surface area contributed by atoms with Crippen molar-refractivity contribution >= 4 is 27.5 Å². The van der Waals surface area contributed by atoms with Crippen LogP contribution in [0.15, 0.2) is 144 Å². The molecule has 1 amide bonds. The number of benzene rings is 6. The van der Waals surface area contributed by atoms with Crippen molar-refractivity contribution in [2.24, 2.45) is 0 Å². The van der Waals surface area contributed by atoms with Crippen molar-refractivity contribution in [1.29, 1.82) is 0 Å². The molecule has 0 radical (unpaired) electrons. The van der Waals surface area contributed by atoms with E-state index in [9.17, 15) is 4.79 Å². The molecule has 3 heteroatoms. The summed E-state index contributed by atoms with van der Waals surface area (Å²) in [7, 11) is 0. The Hall–Kier alpha value is -4.73. The summed E-state index contributed by atoms with van der Waals surface area (Å²) < 4.78 is 0.942. The zero-order valence-corrected chi connectivity index (χ0v) is 23.7. The Balaban J connectivity index is 1.33. The number of para-hydroxylation sites is 1. The lowest BCUT2D eigenvalue weighted by molar-refractivity contribution is 0.102. The molecule has 0 saturated heterocycles. The molecular formula is C38H24BrNO. The molecule has 1 spiro atoms. The number of halogens is 1. The first kappa shape index (κ1) is 24.1. The minimum Gasteiger partial charge on any atom is -0.321 e. The summed E-state index contributed by atoms with van der Waals surface area (Å²) in [5, 5.41) is 3.17. The molecule has 194 valence electrons. The molecule has 2 nitrogen and oxygen atoms in total. The van der Waals surface area contributed by atoms with Gasteiger partial charge in [-0.25, -0.2) is 0 Å². The van der Waals surface area contributed by atoms with Crippen molar-refractivity contribution in [2.45, 2.75) is 5.41 Å². The Morgan fingerprint density at radius 2 is 1.00 bits per heavy atom. The van der Waals surface area contributed by atoms with Crippen LogP contribution in [0.2, 0.25) is 0 Å². The summed E-state index contributed by atoms with van der Waals surface area (Å²) in [6.45, 7) is 0. The number of nitrogens with one attached hydrogen (secondary N) is 1. The topological polar surface area (TPSA) is 29.1 Å². The smallest absolute Gasteiger partial charge is 0.255 e. The third-order valence-electron chi connectivity index (χ3n) is 8.59. The molecule has 0 unspecified atom stereocenters. The lowest BCUT2D eigenvalue weighted by atomic mass is 9.70. The van der Waals surface area contributed by atoms with Gasteiger partial charge >= 0.3 is 0 Å². The van der Waals surface area contributed by atoms with Gasteiger partial charge in [-0.1, -0.05) is 119 Å². The van der Waals surface area contributed by atoms with Crippen molar-refractivity contribution in [2.75, 3.05) is 5.32 Å². The van der Waals surface area contributed by atoms with E-state index in [1.54, 1.807) is 0 Å². The standard InChI is InChI=1S/C38H24BrNO/c39-26-20-17-24(18-21-26)37(41)40-36-16-8-4-9-27(36)25-19-22-31-30-12-3-7-15-34(30)38(35(31)23-25)32-13-5-1-10-28(32)29-11-2-6-14-33(29)38/h1-23H,(H,40,41). The van der Waals surface area contributed by atoms with E-state index in [1.807, 2.05) is 42.5 Å². The highest BCUT2D eigenvalue weighted by atomic mass is 79.9. The average molecular weight is 591 g/mol. The highest BCUT2D eigenvalue weighted by molar-refractivity contribution is 9.10. The Bertz CT molecular complexity index is 1940. The van der Waals surface area contributed by atoms with E-state index in [4.69, 9.17) is 0 Å². The highest BCUT2D eigenvalue weighted by Gasteiger charge is 2.51. The molecule has 0 heterocycles. The van der Waals surface area contributed by atoms with Crippen molar-refractivity contribution in [3.05, 3.63) is 172 Å². The second-order valence-corrected chi connectivity index (χ2v) is 11.6. The van der Waals surface area contributed by atoms with Gasteiger partial charge in [0.1, 0.15) is 0 Å². The van der Waals surface area contributed by atoms with Crippen molar-refractivity contribution in [3.63, 3.8) is 0 Å². The van der Waals surface area contributed by atoms with E-state index in [1.165, 1.54) is 44.5 Å². The predicted molar refractivity (Wildman–Crippen MR) is 170 cm³/mol. The molecule has 6 aromatic rings. The number of carbonyl (C=O) groups excluding carboxylic acids is 1. The van der Waals surface area contributed by atoms with E-state index in [0.29, 0.717) is 5.56 Å². The molecule has 2 aliphatic carbocycles. The SMILES string of the molecule is O=C(Nc1ccccc1-c1ccc2c(c1)C1(c3ccccc3-c3ccccc31)c1ccccc1-2)c1ccc(Br)cc1. The van der Waals surface area contributed by atoms with Gasteiger partial charge in [-0.05, 0) is 86.5 Å². The average Bonchev–Trinajstić information content (AvgIpc) is 3.49. The van der Waals surface area contributed by atoms with Gasteiger partial charge in [-0.2, -0.15) is 0 Å². The first-order valence-electron chi connectivity index (χ1n) is 13.8. The van der Waals surface area contributed by atoms with Crippen LogP contribution in [0.4, 0.5) is 5.69 Å². The van der Waals surface area contributed by atoms with Crippen LogP contribution in [-0.4, -0.2) is 5.91 Å². The lowest BCUT2D eigenvalue weighted by Crippen LogP contribution is -2.25. The summed E-state index contributed by atoms with van der Waals surface area (Å²) in [5.74, 6) is -0.131. The Kier molecular flexibility index (Phi) is 5.38. The largest absolute Gasteiger partial charge is 0.321 e. The maximum Gasteiger partial charge on any atom is 0.255 e. The van der Waals surface area contributed by atoms with Gasteiger partial charge in [-0.3, -0.25) is 4.79 Å². The van der Waals surface area contributed by atoms with Gasteiger partial charge in [0, 0.05) is 21.3 Å². The fourth-order valence-electron chi connectivity index (χ4n) is 6.90. The van der Waals surface area contributed by atoms with Crippen LogP contribution in [0, 0.1) is 0 Å². The quantitative estimate of drug-likeness (QED) is 0.218. The number of hydrogen-bond donors (Lipinski definition) is 1. The zero-order chi connectivity index (χ0) is 27.6. The number of fused-ring (bicyclic) bond motifs is 10. The van der Waals surface area contributed by atoms with Crippen LogP contribution in [0.1, 0.15) is 32.6 Å². The Morgan fingerprint density at radius 1 is 0.512 bits per heavy atom. The second kappa shape index (κ2) is 9.15. The van der Waals surface area contributed by atoms with Crippen LogP contribution < -0.4 is 5.32 Å². The van der Waals surface area contributed by atoms with Gasteiger partial charge in [0.2, 0.25) is 0 Å². The number of anilines is 1. The maximum atomic E-state index is 13.2. The Morgan fingerprint density at radius 3 is 1.59 bits per heavy atom. The number of rotatable bonds is 3. The normalized spacial score (nSPS) is 13.3. The second-order valence-electron chi connectivity index (χ2n) is 10.7. The molecule has 1 N–H and O–H groups in total. The van der Waals surface area contributed by atoms with Gasteiger partial charge < -0.3 is 5.32 Å². The molecule has 0 bridgehead atoms. The molecule has 0 aromatic heterocycles. The van der Waals surface area contributed by atoms with E-state index >= 15 is 0 Å². The molecule has 0 fully saturated rings. The number of hydrogen-bond acceptors (Lipinski definition) is 1. The van der Waals surface area contributed by atoms with Crippen LogP contribution >= 0.6 is 15.9 Å². The Labute approximate surface area is 247 Å². The van der Waals surface area contributed by atoms with Crippen molar-refractivity contribution in [3.8, 4) is 33.4 Å². The number of amides is 1. The van der Waals surface area contributed by atoms with Gasteiger partial charge in [0.05, 0.1) is 5.41 Å². The van der Waals surface area contributed by atoms with Crippen molar-refractivity contribution < 1.29 is 4.79 Å². The lowest BCUT2D eigenvalue weighted by Gasteiger charge is -2.30. The molecule has 2 aliphatic rings. The van der Waals surface area contributed by atoms with Crippen LogP contribution in [0.5, 0.6) is 0 Å². The molecule has 0 aliphatic heterocycles. The van der Waals surface area contributed by atoms with E-state index in [0.717, 1.165) is 21.3 Å². The number of carbonyl (C=O) groups is 1. The van der Waals surface area contributed by atoms with E-state index in [-0.39, 0.29) is 5.91 Å². The minimum atomic E-state index is -0.398. The third-order valence-corrected chi connectivity index (χ3v) is 9.12. The summed E-state index contributed by atoms with van der Waals surface area (Å²) in [5.41, 5.74) is 13.4. The fourth-order valence-corrected chi connectivity index (χ4v) is 7.17. The highest BCUT2D eigenvalue weighted by Crippen LogP contribution is 2.63. The first-order valence-corrected chi connectivity index (χ1v) is 14.6. The van der Waals surface area contributed by atoms with Crippen LogP contribution in [0.3, 0.4) is 0 Å². The maximum absolute atomic E-state index is 13.2. The summed E-state index contributed by atoms with van der Waals surface area (Å²) in [6, 6.07) is 48.8. The first-order chi connectivity index (χ1) is 20.2. The van der Waals surface area contributed by atoms with Crippen LogP contribution in [0.25, 0.3) is 33.4 Å². The zero-order valence-electron chi connectivity index (χ0n) is 22.1. The molecule has 8 rings (SSSR count). The molecular weight excluding hydrogens is 566 g/mol. The fraction of sp³-hybridized carbons (Fsp3) is 0.0263. The van der Waals surface area contributed by atoms with Gasteiger partial charge in [-0.15, -0.1) is 0 Å². The molecule has 6 aromatic carbocycles. The summed E-state index contributed by atoms with van der Waals surface area (Å²) >= 11 is 3.45. The van der Waals surface area contributed by atoms with E-state index in [2.05, 4.69) is 118 Å². The monoisotopic (exact) mass is 589 g/mol. The third kappa shape index (κ3) is 3.46. The predicted octanol–water partition coefficient (Wildman–Crippen LogP) is 9.71. The van der Waals surface area contributed by atoms with Gasteiger partial charge in [0.25, 0.3) is 5.91 Å². The minimum absolute atomic E-state index is 0.131. The molecule has 0 saturated carbocycles. The van der Waals surface area contributed by atoms with Crippen molar-refractivity contribution in [1.82, 2.24) is 0 Å². The van der Waals surface area contributed by atoms with E-state index < -0.39 is 5.41 Å². The molecule has 41 heavy (non-hydrogen) atoms. The summed E-state index contributed by atoms with van der Waals surface area (Å²) in [4.78, 5) is 13.2. The summed E-state index contributed by atoms with van der Waals surface area (Å²) in [6.07, 6.45) is 0. The van der Waals surface area contributed by atoms with Gasteiger partial charge in [0.15, 0.2) is 0 Å². The molecule has 0 atom stereocenters. The van der Waals surface area contributed by atoms with Crippen LogP contribution in [-0.2, 0) is 5.41 Å².